The Morgan fingerprint density at radius 3 is 2.83 bits per heavy atom. The summed E-state index contributed by atoms with van der Waals surface area (Å²) in [6, 6.07) is 6.41. The predicted octanol–water partition coefficient (Wildman–Crippen LogP) is 3.48. The molecule has 0 fully saturated rings. The first-order chi connectivity index (χ1) is 11.1. The molecular weight excluding hydrogens is 339 g/mol. The molecule has 1 aromatic carbocycles. The molecule has 0 unspecified atom stereocenters. The lowest BCUT2D eigenvalue weighted by Crippen LogP contribution is -2.15. The third-order valence-corrected chi connectivity index (χ3v) is 3.46. The molecule has 0 aliphatic heterocycles. The lowest BCUT2D eigenvalue weighted by Gasteiger charge is -2.08. The fourth-order valence-corrected chi connectivity index (χ4v) is 2.24. The van der Waals surface area contributed by atoms with E-state index in [1.807, 2.05) is 0 Å². The van der Waals surface area contributed by atoms with Crippen molar-refractivity contribution in [1.82, 2.24) is 9.97 Å². The van der Waals surface area contributed by atoms with Gasteiger partial charge >= 0.3 is 0 Å². The van der Waals surface area contributed by atoms with Crippen LogP contribution in [-0.4, -0.2) is 36.1 Å². The highest BCUT2D eigenvalue weighted by Crippen LogP contribution is 2.25. The van der Waals surface area contributed by atoms with Crippen LogP contribution in [0.15, 0.2) is 30.6 Å². The number of nitrogens with one attached hydrogen (secondary N) is 2. The first-order valence-electron chi connectivity index (χ1n) is 6.91. The fraction of sp³-hybridized carbons (Fsp3) is 0.267. The number of hydrogen-bond acceptors (Lipinski definition) is 5. The lowest BCUT2D eigenvalue weighted by atomic mass is 10.3. The molecule has 8 heteroatoms. The van der Waals surface area contributed by atoms with Gasteiger partial charge in [0, 0.05) is 31.4 Å². The summed E-state index contributed by atoms with van der Waals surface area (Å²) in [4.78, 5) is 20.3. The Labute approximate surface area is 144 Å². The van der Waals surface area contributed by atoms with Crippen LogP contribution >= 0.6 is 23.2 Å². The molecule has 0 spiro atoms. The van der Waals surface area contributed by atoms with Gasteiger partial charge in [-0.1, -0.05) is 23.2 Å². The number of rotatable bonds is 7. The van der Waals surface area contributed by atoms with Gasteiger partial charge in [-0.15, -0.1) is 0 Å². The molecule has 2 rings (SSSR count). The number of halogens is 2. The Bertz CT molecular complexity index is 682. The first-order valence-corrected chi connectivity index (χ1v) is 7.67. The van der Waals surface area contributed by atoms with Gasteiger partial charge in [-0.05, 0) is 24.6 Å². The Hall–Kier alpha value is -1.89. The zero-order chi connectivity index (χ0) is 16.7. The van der Waals surface area contributed by atoms with Gasteiger partial charge in [-0.2, -0.15) is 0 Å². The Balaban J connectivity index is 2.01. The van der Waals surface area contributed by atoms with Crippen molar-refractivity contribution < 1.29 is 9.53 Å². The smallest absolute Gasteiger partial charge is 0.274 e. The SMILES string of the molecule is COCCCNc1cc(C(=O)Nc2ccc(Cl)cc2Cl)ncn1. The van der Waals surface area contributed by atoms with E-state index in [9.17, 15) is 4.79 Å². The van der Waals surface area contributed by atoms with Crippen LogP contribution in [0.25, 0.3) is 0 Å². The standard InChI is InChI=1S/C15H16Cl2N4O2/c1-23-6-2-5-18-14-8-13(19-9-20-14)15(22)21-12-4-3-10(16)7-11(12)17/h3-4,7-9H,2,5-6H2,1H3,(H,21,22)(H,18,19,20). The molecule has 23 heavy (non-hydrogen) atoms. The van der Waals surface area contributed by atoms with Crippen molar-refractivity contribution in [3.8, 4) is 0 Å². The summed E-state index contributed by atoms with van der Waals surface area (Å²) in [5.41, 5.74) is 0.703. The number of carbonyl (C=O) groups is 1. The maximum absolute atomic E-state index is 12.2. The van der Waals surface area contributed by atoms with Gasteiger partial charge in [-0.3, -0.25) is 4.79 Å². The molecule has 0 saturated heterocycles. The lowest BCUT2D eigenvalue weighted by molar-refractivity contribution is 0.102. The maximum atomic E-state index is 12.2. The van der Waals surface area contributed by atoms with Crippen molar-refractivity contribution in [1.29, 1.82) is 0 Å². The summed E-state index contributed by atoms with van der Waals surface area (Å²) in [5.74, 6) is 0.194. The number of benzene rings is 1. The number of hydrogen-bond donors (Lipinski definition) is 2. The maximum Gasteiger partial charge on any atom is 0.274 e. The fourth-order valence-electron chi connectivity index (χ4n) is 1.79. The molecule has 1 heterocycles. The summed E-state index contributed by atoms with van der Waals surface area (Å²) >= 11 is 11.9. The summed E-state index contributed by atoms with van der Waals surface area (Å²) < 4.78 is 4.97. The first kappa shape index (κ1) is 17.5. The molecule has 122 valence electrons. The molecule has 2 N–H and O–H groups in total. The highest BCUT2D eigenvalue weighted by molar-refractivity contribution is 6.36. The zero-order valence-electron chi connectivity index (χ0n) is 12.5. The van der Waals surface area contributed by atoms with E-state index in [1.165, 1.54) is 6.33 Å². The van der Waals surface area contributed by atoms with Crippen LogP contribution < -0.4 is 10.6 Å². The van der Waals surface area contributed by atoms with Crippen molar-refractivity contribution >= 4 is 40.6 Å². The van der Waals surface area contributed by atoms with Crippen molar-refractivity contribution in [2.45, 2.75) is 6.42 Å². The topological polar surface area (TPSA) is 76.1 Å². The molecule has 0 atom stereocenters. The van der Waals surface area contributed by atoms with E-state index in [0.29, 0.717) is 34.7 Å². The van der Waals surface area contributed by atoms with Crippen molar-refractivity contribution in [2.24, 2.45) is 0 Å². The monoisotopic (exact) mass is 354 g/mol. The number of methoxy groups -OCH3 is 1. The minimum atomic E-state index is -0.378. The van der Waals surface area contributed by atoms with E-state index in [0.717, 1.165) is 6.42 Å². The van der Waals surface area contributed by atoms with Crippen LogP contribution in [0.2, 0.25) is 10.0 Å². The van der Waals surface area contributed by atoms with Crippen molar-refractivity contribution in [3.63, 3.8) is 0 Å². The van der Waals surface area contributed by atoms with E-state index in [-0.39, 0.29) is 11.6 Å². The molecule has 6 nitrogen and oxygen atoms in total. The van der Waals surface area contributed by atoms with Crippen LogP contribution in [0.1, 0.15) is 16.9 Å². The number of ether oxygens (including phenoxy) is 1. The van der Waals surface area contributed by atoms with Crippen LogP contribution in [-0.2, 0) is 4.74 Å². The molecular formula is C15H16Cl2N4O2. The minimum absolute atomic E-state index is 0.236. The van der Waals surface area contributed by atoms with Gasteiger partial charge in [0.2, 0.25) is 0 Å². The van der Waals surface area contributed by atoms with Gasteiger partial charge < -0.3 is 15.4 Å². The number of nitrogens with zero attached hydrogens (tertiary/aromatic N) is 2. The molecule has 2 aromatic rings. The van der Waals surface area contributed by atoms with Crippen molar-refractivity contribution in [2.75, 3.05) is 30.9 Å². The Kier molecular flexibility index (Phi) is 6.58. The zero-order valence-corrected chi connectivity index (χ0v) is 14.0. The van der Waals surface area contributed by atoms with E-state index in [2.05, 4.69) is 20.6 Å². The predicted molar refractivity (Wildman–Crippen MR) is 91.4 cm³/mol. The summed E-state index contributed by atoms with van der Waals surface area (Å²) in [5, 5.41) is 6.65. The third kappa shape index (κ3) is 5.35. The second-order valence-corrected chi connectivity index (χ2v) is 5.48. The normalized spacial score (nSPS) is 10.4. The van der Waals surface area contributed by atoms with Crippen LogP contribution in [0.3, 0.4) is 0 Å². The van der Waals surface area contributed by atoms with Crippen molar-refractivity contribution in [3.05, 3.63) is 46.3 Å². The molecule has 0 aliphatic carbocycles. The van der Waals surface area contributed by atoms with Gasteiger partial charge in [0.05, 0.1) is 10.7 Å². The average molecular weight is 355 g/mol. The minimum Gasteiger partial charge on any atom is -0.385 e. The van der Waals surface area contributed by atoms with Gasteiger partial charge in [0.15, 0.2) is 0 Å². The van der Waals surface area contributed by atoms with E-state index in [4.69, 9.17) is 27.9 Å². The molecule has 0 aliphatic rings. The molecule has 0 bridgehead atoms. The summed E-state index contributed by atoms with van der Waals surface area (Å²) in [6.07, 6.45) is 2.17. The van der Waals surface area contributed by atoms with E-state index < -0.39 is 0 Å². The van der Waals surface area contributed by atoms with Crippen LogP contribution in [0, 0.1) is 0 Å². The van der Waals surface area contributed by atoms with Crippen LogP contribution in [0.4, 0.5) is 11.5 Å². The Morgan fingerprint density at radius 2 is 2.09 bits per heavy atom. The Morgan fingerprint density at radius 1 is 1.26 bits per heavy atom. The third-order valence-electron chi connectivity index (χ3n) is 2.91. The number of aromatic nitrogens is 2. The molecule has 1 amide bonds. The average Bonchev–Trinajstić information content (AvgIpc) is 2.54. The summed E-state index contributed by atoms with van der Waals surface area (Å²) in [6.45, 7) is 1.34. The quantitative estimate of drug-likeness (QED) is 0.744. The van der Waals surface area contributed by atoms with Gasteiger partial charge in [0.25, 0.3) is 5.91 Å². The van der Waals surface area contributed by atoms with Gasteiger partial charge in [-0.25, -0.2) is 9.97 Å². The van der Waals surface area contributed by atoms with E-state index in [1.54, 1.807) is 31.4 Å². The molecule has 1 aromatic heterocycles. The van der Waals surface area contributed by atoms with Gasteiger partial charge in [0.1, 0.15) is 17.8 Å². The number of anilines is 2. The van der Waals surface area contributed by atoms with Crippen LogP contribution in [0.5, 0.6) is 0 Å². The second-order valence-electron chi connectivity index (χ2n) is 4.64. The summed E-state index contributed by atoms with van der Waals surface area (Å²) in [7, 11) is 1.65. The highest BCUT2D eigenvalue weighted by Gasteiger charge is 2.11. The second kappa shape index (κ2) is 8.67. The molecule has 0 radical (unpaired) electrons. The highest BCUT2D eigenvalue weighted by atomic mass is 35.5. The molecule has 0 saturated carbocycles. The largest absolute Gasteiger partial charge is 0.385 e. The van der Waals surface area contributed by atoms with E-state index >= 15 is 0 Å². The number of amides is 1. The number of carbonyl (C=O) groups excluding carboxylic acids is 1.